The number of aromatic nitrogens is 3. The van der Waals surface area contributed by atoms with E-state index in [-0.39, 0.29) is 17.9 Å². The van der Waals surface area contributed by atoms with E-state index in [4.69, 9.17) is 11.6 Å². The number of pyridine rings is 1. The van der Waals surface area contributed by atoms with Crippen molar-refractivity contribution in [1.29, 1.82) is 0 Å². The van der Waals surface area contributed by atoms with E-state index < -0.39 is 5.82 Å². The summed E-state index contributed by atoms with van der Waals surface area (Å²) >= 11 is 6.24. The Bertz CT molecular complexity index is 1440. The maximum Gasteiger partial charge on any atom is 0.278 e. The van der Waals surface area contributed by atoms with Crippen LogP contribution in [0.5, 0.6) is 0 Å². The molecule has 0 unspecified atom stereocenters. The van der Waals surface area contributed by atoms with E-state index in [0.29, 0.717) is 28.2 Å². The minimum absolute atomic E-state index is 0.210. The molecule has 2 heterocycles. The van der Waals surface area contributed by atoms with Crippen LogP contribution in [0.25, 0.3) is 22.2 Å². The van der Waals surface area contributed by atoms with Crippen LogP contribution < -0.4 is 5.56 Å². The summed E-state index contributed by atoms with van der Waals surface area (Å²) in [5.74, 6) is -0.736. The fourth-order valence-electron chi connectivity index (χ4n) is 3.76. The molecule has 31 heavy (non-hydrogen) atoms. The van der Waals surface area contributed by atoms with Gasteiger partial charge in [0.25, 0.3) is 5.56 Å². The van der Waals surface area contributed by atoms with Crippen molar-refractivity contribution in [2.24, 2.45) is 0 Å². The van der Waals surface area contributed by atoms with Crippen LogP contribution in [0.1, 0.15) is 11.1 Å². The van der Waals surface area contributed by atoms with Crippen molar-refractivity contribution in [2.45, 2.75) is 13.1 Å². The first kappa shape index (κ1) is 19.5. The second-order valence-corrected chi connectivity index (χ2v) is 7.77. The summed E-state index contributed by atoms with van der Waals surface area (Å²) in [6.45, 7) is 0.607. The molecule has 7 heteroatoms. The van der Waals surface area contributed by atoms with E-state index in [9.17, 15) is 13.6 Å². The molecule has 0 N–H and O–H groups in total. The van der Waals surface area contributed by atoms with Gasteiger partial charge in [0.15, 0.2) is 0 Å². The molecule has 0 bridgehead atoms. The van der Waals surface area contributed by atoms with E-state index >= 15 is 0 Å². The highest BCUT2D eigenvalue weighted by molar-refractivity contribution is 6.31. The van der Waals surface area contributed by atoms with Crippen LogP contribution >= 0.6 is 11.6 Å². The number of halogens is 3. The molecule has 5 rings (SSSR count). The van der Waals surface area contributed by atoms with Gasteiger partial charge in [-0.3, -0.25) is 4.79 Å². The standard InChI is InChI=1S/C24H16ClF2N3O/c25-21-4-2-1-3-16(21)13-30-24(31)20-14-29(12-15-5-7-17(26)8-6-15)22-10-9-18(27)11-19(22)23(20)28-30/h1-11,14H,12-13H2. The van der Waals surface area contributed by atoms with Gasteiger partial charge < -0.3 is 4.57 Å². The highest BCUT2D eigenvalue weighted by atomic mass is 35.5. The van der Waals surface area contributed by atoms with Gasteiger partial charge in [0.05, 0.1) is 17.6 Å². The van der Waals surface area contributed by atoms with Gasteiger partial charge >= 0.3 is 0 Å². The monoisotopic (exact) mass is 435 g/mol. The lowest BCUT2D eigenvalue weighted by Crippen LogP contribution is -2.18. The van der Waals surface area contributed by atoms with Crippen molar-refractivity contribution < 1.29 is 8.78 Å². The minimum Gasteiger partial charge on any atom is -0.342 e. The molecule has 4 nitrogen and oxygen atoms in total. The van der Waals surface area contributed by atoms with E-state index in [1.165, 1.54) is 28.9 Å². The molecule has 0 saturated heterocycles. The van der Waals surface area contributed by atoms with Crippen molar-refractivity contribution in [3.63, 3.8) is 0 Å². The van der Waals surface area contributed by atoms with Crippen molar-refractivity contribution >= 4 is 22.5 Å². The van der Waals surface area contributed by atoms with Gasteiger partial charge in [-0.2, -0.15) is 5.10 Å². The Morgan fingerprint density at radius 1 is 0.903 bits per heavy atom. The van der Waals surface area contributed by atoms with Gasteiger partial charge in [-0.1, -0.05) is 41.9 Å². The summed E-state index contributed by atoms with van der Waals surface area (Å²) in [5, 5.41) is 5.58. The Morgan fingerprint density at radius 3 is 2.42 bits per heavy atom. The van der Waals surface area contributed by atoms with Gasteiger partial charge in [-0.05, 0) is 47.5 Å². The third-order valence-corrected chi connectivity index (χ3v) is 5.66. The zero-order valence-electron chi connectivity index (χ0n) is 16.2. The molecule has 0 saturated carbocycles. The maximum atomic E-state index is 14.1. The molecule has 0 fully saturated rings. The summed E-state index contributed by atoms with van der Waals surface area (Å²) < 4.78 is 30.6. The topological polar surface area (TPSA) is 39.8 Å². The van der Waals surface area contributed by atoms with Gasteiger partial charge in [0.1, 0.15) is 17.3 Å². The second kappa shape index (κ2) is 7.63. The molecule has 0 atom stereocenters. The summed E-state index contributed by atoms with van der Waals surface area (Å²) in [4.78, 5) is 13.1. The van der Waals surface area contributed by atoms with E-state index in [1.54, 1.807) is 30.5 Å². The number of hydrogen-bond donors (Lipinski definition) is 0. The number of nitrogens with zero attached hydrogens (tertiary/aromatic N) is 3. The maximum absolute atomic E-state index is 14.1. The highest BCUT2D eigenvalue weighted by Gasteiger charge is 2.21. The Kier molecular flexibility index (Phi) is 4.79. The van der Waals surface area contributed by atoms with Crippen molar-refractivity contribution in [3.8, 4) is 11.3 Å². The average Bonchev–Trinajstić information content (AvgIpc) is 3.07. The van der Waals surface area contributed by atoms with Crippen molar-refractivity contribution in [2.75, 3.05) is 0 Å². The highest BCUT2D eigenvalue weighted by Crippen LogP contribution is 2.29. The first-order valence-corrected chi connectivity index (χ1v) is 10.0. The van der Waals surface area contributed by atoms with Crippen LogP contribution in [0.2, 0.25) is 5.02 Å². The molecule has 2 aliphatic rings. The minimum atomic E-state index is -0.415. The van der Waals surface area contributed by atoms with Crippen LogP contribution in [0, 0.1) is 11.6 Å². The molecule has 0 spiro atoms. The molecular weight excluding hydrogens is 420 g/mol. The lowest BCUT2D eigenvalue weighted by atomic mass is 10.1. The van der Waals surface area contributed by atoms with Gasteiger partial charge in [0, 0.05) is 23.2 Å². The van der Waals surface area contributed by atoms with Gasteiger partial charge in [0.2, 0.25) is 0 Å². The average molecular weight is 436 g/mol. The third-order valence-electron chi connectivity index (χ3n) is 5.29. The van der Waals surface area contributed by atoms with Crippen LogP contribution in [-0.2, 0) is 13.1 Å². The third kappa shape index (κ3) is 3.59. The molecule has 3 aromatic carbocycles. The summed E-state index contributed by atoms with van der Waals surface area (Å²) in [5.41, 5.74) is 2.87. The van der Waals surface area contributed by atoms with Crippen LogP contribution in [0.15, 0.2) is 77.7 Å². The predicted molar refractivity (Wildman–Crippen MR) is 117 cm³/mol. The fourth-order valence-corrected chi connectivity index (χ4v) is 3.96. The zero-order chi connectivity index (χ0) is 21.5. The van der Waals surface area contributed by atoms with Gasteiger partial charge in [-0.15, -0.1) is 0 Å². The molecule has 0 aromatic heterocycles. The number of hydrogen-bond acceptors (Lipinski definition) is 2. The Hall–Kier alpha value is -3.51. The largest absolute Gasteiger partial charge is 0.342 e. The van der Waals surface area contributed by atoms with E-state index in [1.807, 2.05) is 22.8 Å². The Labute approximate surface area is 181 Å². The smallest absolute Gasteiger partial charge is 0.278 e. The van der Waals surface area contributed by atoms with Crippen LogP contribution in [0.3, 0.4) is 0 Å². The van der Waals surface area contributed by atoms with Crippen molar-refractivity contribution in [1.82, 2.24) is 14.3 Å². The van der Waals surface area contributed by atoms with Crippen molar-refractivity contribution in [3.05, 3.63) is 111 Å². The normalized spacial score (nSPS) is 11.5. The fraction of sp³-hybridized carbons (Fsp3) is 0.0833. The Morgan fingerprint density at radius 2 is 1.65 bits per heavy atom. The van der Waals surface area contributed by atoms with E-state index in [0.717, 1.165) is 16.6 Å². The lowest BCUT2D eigenvalue weighted by molar-refractivity contribution is 0.626. The molecule has 154 valence electrons. The molecule has 0 radical (unpaired) electrons. The molecule has 0 amide bonds. The van der Waals surface area contributed by atoms with Crippen LogP contribution in [0.4, 0.5) is 8.78 Å². The summed E-state index contributed by atoms with van der Waals surface area (Å²) in [7, 11) is 0. The number of fused-ring (bicyclic) bond motifs is 3. The summed E-state index contributed by atoms with van der Waals surface area (Å²) in [6, 6.07) is 17.8. The molecule has 0 aliphatic carbocycles. The lowest BCUT2D eigenvalue weighted by Gasteiger charge is -2.14. The second-order valence-electron chi connectivity index (χ2n) is 7.36. The quantitative estimate of drug-likeness (QED) is 0.382. The molecular formula is C24H16ClF2N3O. The number of benzene rings is 3. The predicted octanol–water partition coefficient (Wildman–Crippen LogP) is 5.33. The summed E-state index contributed by atoms with van der Waals surface area (Å²) in [6.07, 6.45) is 1.72. The first-order valence-electron chi connectivity index (χ1n) is 9.67. The SMILES string of the molecule is O=c1c2cn(Cc3ccc(F)cc3)c3ccc(F)cc3c-2nn1Cc1ccccc1Cl. The number of rotatable bonds is 4. The van der Waals surface area contributed by atoms with Crippen LogP contribution in [-0.4, -0.2) is 14.3 Å². The first-order chi connectivity index (χ1) is 15.0. The molecule has 2 aliphatic heterocycles. The zero-order valence-corrected chi connectivity index (χ0v) is 17.0. The Balaban J connectivity index is 1.68. The van der Waals surface area contributed by atoms with E-state index in [2.05, 4.69) is 5.10 Å². The van der Waals surface area contributed by atoms with Gasteiger partial charge in [-0.25, -0.2) is 13.5 Å². The molecule has 3 aromatic rings.